The molecule has 3 aromatic rings. The Hall–Kier alpha value is -4.33. The van der Waals surface area contributed by atoms with E-state index in [0.29, 0.717) is 47.3 Å². The Morgan fingerprint density at radius 3 is 2.53 bits per heavy atom. The first kappa shape index (κ1) is 32.6. The molecule has 6 rings (SSSR count). The van der Waals surface area contributed by atoms with Gasteiger partial charge in [-0.05, 0) is 51.1 Å². The fraction of sp³-hybridized carbons (Fsp3) is 0.441. The van der Waals surface area contributed by atoms with Crippen LogP contribution < -0.4 is 25.3 Å². The number of carbonyl (C=O) groups excluding carboxylic acids is 1. The van der Waals surface area contributed by atoms with Gasteiger partial charge < -0.3 is 25.2 Å². The van der Waals surface area contributed by atoms with Crippen LogP contribution in [0.25, 0.3) is 0 Å². The quantitative estimate of drug-likeness (QED) is 0.305. The second-order valence-corrected chi connectivity index (χ2v) is 12.3. The lowest BCUT2D eigenvalue weighted by atomic mass is 10.00. The van der Waals surface area contributed by atoms with E-state index in [2.05, 4.69) is 55.9 Å². The third-order valence-electron chi connectivity index (χ3n) is 9.45. The molecule has 2 N–H and O–H groups in total. The highest BCUT2D eigenvalue weighted by Crippen LogP contribution is 2.41. The number of likely N-dealkylation sites (N-methyl/N-ethyl adjacent to an activating group) is 1. The number of ether oxygens (including phenoxy) is 1. The molecular formula is C34H42F2N8O3. The summed E-state index contributed by atoms with van der Waals surface area (Å²) in [5, 5.41) is 7.65. The highest BCUT2D eigenvalue weighted by atomic mass is 19.1. The lowest BCUT2D eigenvalue weighted by Crippen LogP contribution is -2.55. The van der Waals surface area contributed by atoms with Gasteiger partial charge in [-0.25, -0.2) is 23.8 Å². The smallest absolute Gasteiger partial charge is 0.247 e. The molecule has 250 valence electrons. The summed E-state index contributed by atoms with van der Waals surface area (Å²) in [5.41, 5.74) is 1.95. The molecule has 0 radical (unpaired) electrons. The second-order valence-electron chi connectivity index (χ2n) is 12.3. The minimum absolute atomic E-state index is 0.0693. The molecular weight excluding hydrogens is 606 g/mol. The molecule has 0 aliphatic carbocycles. The Kier molecular flexibility index (Phi) is 9.85. The van der Waals surface area contributed by atoms with Gasteiger partial charge in [0.1, 0.15) is 29.5 Å². The number of carbonyl (C=O) groups is 1. The van der Waals surface area contributed by atoms with Crippen molar-refractivity contribution in [3.8, 4) is 5.75 Å². The maximum absolute atomic E-state index is 14.7. The molecule has 1 amide bonds. The Balaban J connectivity index is 1.23. The van der Waals surface area contributed by atoms with E-state index in [1.807, 2.05) is 12.1 Å². The Bertz CT molecular complexity index is 1580. The van der Waals surface area contributed by atoms with Crippen molar-refractivity contribution in [1.29, 1.82) is 0 Å². The standard InChI is InChI=1S/C34H42F2N8O3/c1-5-33(45)40-26-17-27(30(46-4)18-29(26)42-12-9-23(10-13-42)43-15-14-41(3)22(2)20-43)39-31-19-32(38-21-37-31)44-28(11-16-47-44)34-24(35)7-6-8-25(34)36/h5-8,17-19,21-23,28H,1,9-16,20H2,2-4H3,(H,40,45)(H,37,38,39)/t22-,28-/m0/s1. The molecule has 2 atom stereocenters. The van der Waals surface area contributed by atoms with Crippen molar-refractivity contribution in [1.82, 2.24) is 19.8 Å². The molecule has 0 saturated carbocycles. The van der Waals surface area contributed by atoms with Gasteiger partial charge in [-0.15, -0.1) is 0 Å². The Morgan fingerprint density at radius 1 is 1.06 bits per heavy atom. The summed E-state index contributed by atoms with van der Waals surface area (Å²) < 4.78 is 35.1. The molecule has 47 heavy (non-hydrogen) atoms. The Labute approximate surface area is 274 Å². The highest BCUT2D eigenvalue weighted by molar-refractivity contribution is 6.02. The SMILES string of the molecule is C=CC(=O)Nc1cc(Nc2cc(N3OCC[C@H]3c3c(F)cccc3F)ncn2)c(OC)cc1N1CCC(N2CCN(C)[C@@H](C)C2)CC1. The van der Waals surface area contributed by atoms with Gasteiger partial charge in [0.2, 0.25) is 5.91 Å². The molecule has 3 saturated heterocycles. The Morgan fingerprint density at radius 2 is 1.83 bits per heavy atom. The van der Waals surface area contributed by atoms with Crippen molar-refractivity contribution in [2.75, 3.05) is 74.1 Å². The third kappa shape index (κ3) is 7.02. The fourth-order valence-electron chi connectivity index (χ4n) is 6.72. The molecule has 3 aliphatic heterocycles. The predicted molar refractivity (Wildman–Crippen MR) is 178 cm³/mol. The summed E-state index contributed by atoms with van der Waals surface area (Å²) in [6.07, 6.45) is 5.02. The number of piperazine rings is 1. The molecule has 3 aliphatic rings. The van der Waals surface area contributed by atoms with Crippen LogP contribution in [0, 0.1) is 11.6 Å². The van der Waals surface area contributed by atoms with Crippen LogP contribution in [-0.2, 0) is 9.63 Å². The summed E-state index contributed by atoms with van der Waals surface area (Å²) in [6, 6.07) is 9.54. The van der Waals surface area contributed by atoms with Gasteiger partial charge in [-0.3, -0.25) is 14.5 Å². The number of rotatable bonds is 9. The summed E-state index contributed by atoms with van der Waals surface area (Å²) in [4.78, 5) is 34.3. The summed E-state index contributed by atoms with van der Waals surface area (Å²) in [6.45, 7) is 11.1. The molecule has 0 bridgehead atoms. The number of nitrogens with one attached hydrogen (secondary N) is 2. The maximum atomic E-state index is 14.7. The first-order valence-electron chi connectivity index (χ1n) is 16.1. The van der Waals surface area contributed by atoms with Crippen LogP contribution in [0.2, 0.25) is 0 Å². The van der Waals surface area contributed by atoms with E-state index in [4.69, 9.17) is 9.57 Å². The van der Waals surface area contributed by atoms with Crippen LogP contribution in [-0.4, -0.2) is 91.2 Å². The van der Waals surface area contributed by atoms with Crippen molar-refractivity contribution >= 4 is 34.6 Å². The summed E-state index contributed by atoms with van der Waals surface area (Å²) in [7, 11) is 3.77. The van der Waals surface area contributed by atoms with Crippen LogP contribution in [0.3, 0.4) is 0 Å². The molecule has 0 spiro atoms. The van der Waals surface area contributed by atoms with E-state index in [-0.39, 0.29) is 18.1 Å². The van der Waals surface area contributed by atoms with Gasteiger partial charge in [0.05, 0.1) is 36.8 Å². The van der Waals surface area contributed by atoms with E-state index in [1.54, 1.807) is 13.2 Å². The van der Waals surface area contributed by atoms with Crippen molar-refractivity contribution in [2.24, 2.45) is 0 Å². The zero-order valence-corrected chi connectivity index (χ0v) is 27.1. The lowest BCUT2D eigenvalue weighted by Gasteiger charge is -2.45. The van der Waals surface area contributed by atoms with Crippen LogP contribution in [0.5, 0.6) is 5.75 Å². The maximum Gasteiger partial charge on any atom is 0.247 e. The number of hydroxylamine groups is 1. The van der Waals surface area contributed by atoms with Gasteiger partial charge in [0, 0.05) is 68.9 Å². The van der Waals surface area contributed by atoms with Crippen molar-refractivity contribution < 1.29 is 23.1 Å². The largest absolute Gasteiger partial charge is 0.494 e. The molecule has 11 nitrogen and oxygen atoms in total. The predicted octanol–water partition coefficient (Wildman–Crippen LogP) is 5.12. The average Bonchev–Trinajstić information content (AvgIpc) is 3.56. The van der Waals surface area contributed by atoms with Crippen molar-refractivity contribution in [3.05, 3.63) is 72.6 Å². The topological polar surface area (TPSA) is 98.3 Å². The molecule has 1 aromatic heterocycles. The number of hydrogen-bond acceptors (Lipinski definition) is 10. The second kappa shape index (κ2) is 14.2. The first-order chi connectivity index (χ1) is 22.7. The molecule has 2 aromatic carbocycles. The van der Waals surface area contributed by atoms with E-state index in [1.165, 1.54) is 35.7 Å². The number of benzene rings is 2. The van der Waals surface area contributed by atoms with Crippen molar-refractivity contribution in [2.45, 2.75) is 44.3 Å². The van der Waals surface area contributed by atoms with Gasteiger partial charge in [0.25, 0.3) is 0 Å². The number of hydrogen-bond donors (Lipinski definition) is 2. The van der Waals surface area contributed by atoms with E-state index in [9.17, 15) is 13.6 Å². The number of anilines is 5. The monoisotopic (exact) mass is 648 g/mol. The summed E-state index contributed by atoms with van der Waals surface area (Å²) >= 11 is 0. The normalized spacial score (nSPS) is 21.1. The van der Waals surface area contributed by atoms with E-state index < -0.39 is 17.7 Å². The highest BCUT2D eigenvalue weighted by Gasteiger charge is 2.34. The van der Waals surface area contributed by atoms with Crippen LogP contribution in [0.1, 0.15) is 37.8 Å². The van der Waals surface area contributed by atoms with E-state index >= 15 is 0 Å². The molecule has 0 unspecified atom stereocenters. The first-order valence-corrected chi connectivity index (χ1v) is 16.1. The fourth-order valence-corrected chi connectivity index (χ4v) is 6.72. The average molecular weight is 649 g/mol. The number of methoxy groups -OCH3 is 1. The van der Waals surface area contributed by atoms with Crippen LogP contribution in [0.4, 0.5) is 37.5 Å². The van der Waals surface area contributed by atoms with Gasteiger partial charge in [0.15, 0.2) is 5.82 Å². The van der Waals surface area contributed by atoms with Gasteiger partial charge in [-0.1, -0.05) is 12.6 Å². The zero-order chi connectivity index (χ0) is 33.1. The lowest BCUT2D eigenvalue weighted by molar-refractivity contribution is -0.111. The number of piperidine rings is 1. The number of nitrogens with zero attached hydrogens (tertiary/aromatic N) is 6. The minimum atomic E-state index is -0.697. The van der Waals surface area contributed by atoms with E-state index in [0.717, 1.165) is 51.3 Å². The number of aromatic nitrogens is 2. The number of amides is 1. The third-order valence-corrected chi connectivity index (χ3v) is 9.45. The minimum Gasteiger partial charge on any atom is -0.494 e. The van der Waals surface area contributed by atoms with Crippen molar-refractivity contribution in [3.63, 3.8) is 0 Å². The van der Waals surface area contributed by atoms with Crippen LogP contribution in [0.15, 0.2) is 55.4 Å². The zero-order valence-electron chi connectivity index (χ0n) is 27.1. The van der Waals surface area contributed by atoms with Gasteiger partial charge >= 0.3 is 0 Å². The van der Waals surface area contributed by atoms with Gasteiger partial charge in [-0.2, -0.15) is 0 Å². The molecule has 4 heterocycles. The molecule has 13 heteroatoms. The van der Waals surface area contributed by atoms with Crippen LogP contribution >= 0.6 is 0 Å². The number of halogens is 2. The summed E-state index contributed by atoms with van der Waals surface area (Å²) in [5.74, 6) is -0.334. The molecule has 3 fully saturated rings.